The highest BCUT2D eigenvalue weighted by molar-refractivity contribution is 5.73. The Labute approximate surface area is 74.1 Å². The number of rotatable bonds is 2. The van der Waals surface area contributed by atoms with Crippen LogP contribution in [0.3, 0.4) is 0 Å². The van der Waals surface area contributed by atoms with Crippen LogP contribution in [-0.4, -0.2) is 37.0 Å². The van der Waals surface area contributed by atoms with Gasteiger partial charge in [0, 0.05) is 19.0 Å². The lowest BCUT2D eigenvalue weighted by molar-refractivity contribution is -0.119. The lowest BCUT2D eigenvalue weighted by Crippen LogP contribution is -2.33. The van der Waals surface area contributed by atoms with Gasteiger partial charge >= 0.3 is 0 Å². The van der Waals surface area contributed by atoms with Crippen LogP contribution >= 0.6 is 0 Å². The van der Waals surface area contributed by atoms with Crippen molar-refractivity contribution in [3.05, 3.63) is 0 Å². The molecule has 0 bridgehead atoms. The first-order valence-corrected chi connectivity index (χ1v) is 4.53. The molecule has 0 spiro atoms. The van der Waals surface area contributed by atoms with Crippen molar-refractivity contribution in [1.82, 2.24) is 10.2 Å². The fraction of sp³-hybridized carbons (Fsp3) is 0.889. The molecule has 0 aromatic carbocycles. The molecule has 1 N–H and O–H groups in total. The Bertz CT molecular complexity index is 168. The molecular formula is C9H18N2O. The van der Waals surface area contributed by atoms with Crippen LogP contribution in [-0.2, 0) is 4.79 Å². The maximum atomic E-state index is 10.8. The largest absolute Gasteiger partial charge is 0.354 e. The first-order valence-electron chi connectivity index (χ1n) is 4.53. The fourth-order valence-electron chi connectivity index (χ4n) is 1.85. The predicted molar refractivity (Wildman–Crippen MR) is 48.9 cm³/mol. The van der Waals surface area contributed by atoms with E-state index in [1.807, 2.05) is 0 Å². The van der Waals surface area contributed by atoms with Gasteiger partial charge in [-0.1, -0.05) is 0 Å². The Morgan fingerprint density at radius 3 is 2.50 bits per heavy atom. The summed E-state index contributed by atoms with van der Waals surface area (Å²) in [5.74, 6) is 0.0967. The number of nitrogens with zero attached hydrogens (tertiary/aromatic N) is 1. The van der Waals surface area contributed by atoms with E-state index in [2.05, 4.69) is 24.3 Å². The summed E-state index contributed by atoms with van der Waals surface area (Å²) in [6, 6.07) is 1.07. The minimum atomic E-state index is 0.0967. The quantitative estimate of drug-likeness (QED) is 0.658. The molecule has 12 heavy (non-hydrogen) atoms. The molecule has 1 amide bonds. The molecule has 3 nitrogen and oxygen atoms in total. The molecule has 1 fully saturated rings. The first-order chi connectivity index (χ1) is 5.59. The van der Waals surface area contributed by atoms with Crippen molar-refractivity contribution < 1.29 is 4.79 Å². The Balaban J connectivity index is 2.30. The highest BCUT2D eigenvalue weighted by Gasteiger charge is 2.25. The van der Waals surface area contributed by atoms with Crippen molar-refractivity contribution >= 4 is 5.91 Å². The van der Waals surface area contributed by atoms with Crippen LogP contribution in [0.1, 0.15) is 26.2 Å². The number of carbonyl (C=O) groups excluding carboxylic acids is 1. The molecule has 1 rings (SSSR count). The van der Waals surface area contributed by atoms with Crippen LogP contribution < -0.4 is 5.32 Å². The Morgan fingerprint density at radius 1 is 1.42 bits per heavy atom. The average Bonchev–Trinajstić information content (AvgIpc) is 2.34. The SMILES string of the molecule is CC(=O)N[C@@H]1CC[C@@H](N(C)C)C1. The molecular weight excluding hydrogens is 152 g/mol. The highest BCUT2D eigenvalue weighted by atomic mass is 16.1. The molecule has 1 aliphatic carbocycles. The van der Waals surface area contributed by atoms with Gasteiger partial charge < -0.3 is 10.2 Å². The summed E-state index contributed by atoms with van der Waals surface area (Å²) in [4.78, 5) is 13.0. The number of nitrogens with one attached hydrogen (secondary N) is 1. The average molecular weight is 170 g/mol. The van der Waals surface area contributed by atoms with E-state index in [1.54, 1.807) is 6.92 Å². The van der Waals surface area contributed by atoms with E-state index >= 15 is 0 Å². The molecule has 1 aliphatic rings. The summed E-state index contributed by atoms with van der Waals surface area (Å²) in [6.45, 7) is 1.59. The van der Waals surface area contributed by atoms with Crippen molar-refractivity contribution in [1.29, 1.82) is 0 Å². The van der Waals surface area contributed by atoms with E-state index in [9.17, 15) is 4.79 Å². The molecule has 0 aromatic rings. The first kappa shape index (κ1) is 9.52. The number of hydrogen-bond acceptors (Lipinski definition) is 2. The Hall–Kier alpha value is -0.570. The lowest BCUT2D eigenvalue weighted by atomic mass is 10.2. The molecule has 0 heterocycles. The predicted octanol–water partition coefficient (Wildman–Crippen LogP) is 0.605. The highest BCUT2D eigenvalue weighted by Crippen LogP contribution is 2.22. The van der Waals surface area contributed by atoms with E-state index in [0.29, 0.717) is 12.1 Å². The molecule has 0 saturated heterocycles. The van der Waals surface area contributed by atoms with Crippen LogP contribution in [0, 0.1) is 0 Å². The van der Waals surface area contributed by atoms with Crippen molar-refractivity contribution in [2.24, 2.45) is 0 Å². The monoisotopic (exact) mass is 170 g/mol. The standard InChI is InChI=1S/C9H18N2O/c1-7(12)10-8-4-5-9(6-8)11(2)3/h8-9H,4-6H2,1-3H3,(H,10,12)/t8-,9-/m1/s1. The van der Waals surface area contributed by atoms with Gasteiger partial charge in [-0.3, -0.25) is 4.79 Å². The van der Waals surface area contributed by atoms with Crippen LogP contribution in [0.5, 0.6) is 0 Å². The minimum Gasteiger partial charge on any atom is -0.354 e. The van der Waals surface area contributed by atoms with Gasteiger partial charge in [-0.05, 0) is 33.4 Å². The van der Waals surface area contributed by atoms with Gasteiger partial charge in [-0.2, -0.15) is 0 Å². The smallest absolute Gasteiger partial charge is 0.217 e. The lowest BCUT2D eigenvalue weighted by Gasteiger charge is -2.18. The van der Waals surface area contributed by atoms with Crippen LogP contribution in [0.25, 0.3) is 0 Å². The van der Waals surface area contributed by atoms with Gasteiger partial charge in [-0.25, -0.2) is 0 Å². The fourth-order valence-corrected chi connectivity index (χ4v) is 1.85. The van der Waals surface area contributed by atoms with Gasteiger partial charge in [0.25, 0.3) is 0 Å². The van der Waals surface area contributed by atoms with Crippen LogP contribution in [0.15, 0.2) is 0 Å². The van der Waals surface area contributed by atoms with Crippen LogP contribution in [0.4, 0.5) is 0 Å². The zero-order chi connectivity index (χ0) is 9.14. The molecule has 0 radical (unpaired) electrons. The molecule has 70 valence electrons. The van der Waals surface area contributed by atoms with Gasteiger partial charge in [0.1, 0.15) is 0 Å². The zero-order valence-electron chi connectivity index (χ0n) is 8.13. The zero-order valence-corrected chi connectivity index (χ0v) is 8.13. The summed E-state index contributed by atoms with van der Waals surface area (Å²) in [6.07, 6.45) is 3.44. The normalized spacial score (nSPS) is 29.3. The van der Waals surface area contributed by atoms with E-state index in [1.165, 1.54) is 6.42 Å². The topological polar surface area (TPSA) is 32.3 Å². The van der Waals surface area contributed by atoms with E-state index in [4.69, 9.17) is 0 Å². The third-order valence-corrected chi connectivity index (χ3v) is 2.54. The van der Waals surface area contributed by atoms with Crippen molar-refractivity contribution in [2.45, 2.75) is 38.3 Å². The van der Waals surface area contributed by atoms with E-state index in [-0.39, 0.29) is 5.91 Å². The Kier molecular flexibility index (Phi) is 3.09. The number of hydrogen-bond donors (Lipinski definition) is 1. The summed E-state index contributed by atoms with van der Waals surface area (Å²) in [5, 5.41) is 2.96. The van der Waals surface area contributed by atoms with E-state index < -0.39 is 0 Å². The summed E-state index contributed by atoms with van der Waals surface area (Å²) >= 11 is 0. The van der Waals surface area contributed by atoms with Gasteiger partial charge in [0.05, 0.1) is 0 Å². The van der Waals surface area contributed by atoms with Gasteiger partial charge in [-0.15, -0.1) is 0 Å². The maximum absolute atomic E-state index is 10.8. The van der Waals surface area contributed by atoms with E-state index in [0.717, 1.165) is 12.8 Å². The maximum Gasteiger partial charge on any atom is 0.217 e. The van der Waals surface area contributed by atoms with Gasteiger partial charge in [0.15, 0.2) is 0 Å². The second kappa shape index (κ2) is 3.90. The minimum absolute atomic E-state index is 0.0967. The third-order valence-electron chi connectivity index (χ3n) is 2.54. The van der Waals surface area contributed by atoms with Crippen molar-refractivity contribution in [3.63, 3.8) is 0 Å². The number of amides is 1. The Morgan fingerprint density at radius 2 is 2.08 bits per heavy atom. The number of carbonyl (C=O) groups is 1. The molecule has 3 heteroatoms. The van der Waals surface area contributed by atoms with Crippen molar-refractivity contribution in [3.8, 4) is 0 Å². The van der Waals surface area contributed by atoms with Gasteiger partial charge in [0.2, 0.25) is 5.91 Å². The second-order valence-electron chi connectivity index (χ2n) is 3.83. The second-order valence-corrected chi connectivity index (χ2v) is 3.83. The molecule has 2 atom stereocenters. The molecule has 0 aromatic heterocycles. The molecule has 0 unspecified atom stereocenters. The summed E-state index contributed by atoms with van der Waals surface area (Å²) in [5.41, 5.74) is 0. The van der Waals surface area contributed by atoms with Crippen molar-refractivity contribution in [2.75, 3.05) is 14.1 Å². The summed E-state index contributed by atoms with van der Waals surface area (Å²) in [7, 11) is 4.20. The third kappa shape index (κ3) is 2.48. The molecule has 0 aliphatic heterocycles. The summed E-state index contributed by atoms with van der Waals surface area (Å²) < 4.78 is 0. The van der Waals surface area contributed by atoms with Crippen LogP contribution in [0.2, 0.25) is 0 Å². The molecule has 1 saturated carbocycles.